The van der Waals surface area contributed by atoms with E-state index in [4.69, 9.17) is 17.0 Å². The summed E-state index contributed by atoms with van der Waals surface area (Å²) < 4.78 is 5.24. The summed E-state index contributed by atoms with van der Waals surface area (Å²) in [6.45, 7) is 9.38. The van der Waals surface area contributed by atoms with Crippen molar-refractivity contribution in [3.8, 4) is 5.75 Å². The molecule has 1 aliphatic heterocycles. The third kappa shape index (κ3) is 4.92. The summed E-state index contributed by atoms with van der Waals surface area (Å²) in [5, 5.41) is 7.49. The number of nitrogens with zero attached hydrogens (tertiary/aromatic N) is 1. The van der Waals surface area contributed by atoms with Gasteiger partial charge >= 0.3 is 0 Å². The summed E-state index contributed by atoms with van der Waals surface area (Å²) in [7, 11) is 1.70. The second-order valence-electron chi connectivity index (χ2n) is 7.41. The highest BCUT2D eigenvalue weighted by Crippen LogP contribution is 2.26. The molecule has 2 N–H and O–H groups in total. The van der Waals surface area contributed by atoms with Crippen LogP contribution in [0.25, 0.3) is 0 Å². The molecule has 0 bridgehead atoms. The van der Waals surface area contributed by atoms with Crippen molar-refractivity contribution in [3.63, 3.8) is 0 Å². The van der Waals surface area contributed by atoms with E-state index in [2.05, 4.69) is 60.6 Å². The molecule has 0 aromatic heterocycles. The SMILES string of the molecule is COc1ccc(N2CC[C@@H](CNC(=S)Nc3c(C)cc(C)cc3C)C2)cc1. The van der Waals surface area contributed by atoms with Crippen LogP contribution < -0.4 is 20.3 Å². The van der Waals surface area contributed by atoms with Crippen LogP contribution in [-0.2, 0) is 0 Å². The van der Waals surface area contributed by atoms with Crippen molar-refractivity contribution in [2.75, 3.05) is 37.0 Å². The van der Waals surface area contributed by atoms with Gasteiger partial charge in [-0.1, -0.05) is 17.7 Å². The van der Waals surface area contributed by atoms with Crippen LogP contribution in [0.15, 0.2) is 36.4 Å². The Balaban J connectivity index is 1.50. The maximum atomic E-state index is 5.52. The highest BCUT2D eigenvalue weighted by atomic mass is 32.1. The summed E-state index contributed by atoms with van der Waals surface area (Å²) in [4.78, 5) is 2.43. The van der Waals surface area contributed by atoms with Crippen LogP contribution in [0.5, 0.6) is 5.75 Å². The van der Waals surface area contributed by atoms with Gasteiger partial charge in [0.2, 0.25) is 0 Å². The van der Waals surface area contributed by atoms with Crippen molar-refractivity contribution < 1.29 is 4.74 Å². The van der Waals surface area contributed by atoms with Crippen molar-refractivity contribution in [2.45, 2.75) is 27.2 Å². The zero-order chi connectivity index (χ0) is 19.4. The van der Waals surface area contributed by atoms with E-state index in [0.29, 0.717) is 11.0 Å². The van der Waals surface area contributed by atoms with E-state index in [0.717, 1.165) is 31.1 Å². The zero-order valence-corrected chi connectivity index (χ0v) is 17.5. The number of thiocarbonyl (C=S) groups is 1. The first kappa shape index (κ1) is 19.5. The quantitative estimate of drug-likeness (QED) is 0.747. The minimum absolute atomic E-state index is 0.590. The lowest BCUT2D eigenvalue weighted by molar-refractivity contribution is 0.415. The van der Waals surface area contributed by atoms with Crippen molar-refractivity contribution >= 4 is 28.7 Å². The van der Waals surface area contributed by atoms with Gasteiger partial charge in [-0.2, -0.15) is 0 Å². The minimum atomic E-state index is 0.590. The maximum absolute atomic E-state index is 5.52. The zero-order valence-electron chi connectivity index (χ0n) is 16.6. The van der Waals surface area contributed by atoms with Gasteiger partial charge in [-0.15, -0.1) is 0 Å². The predicted molar refractivity (Wildman–Crippen MR) is 118 cm³/mol. The average Bonchev–Trinajstić information content (AvgIpc) is 3.12. The molecule has 0 amide bonds. The molecule has 4 nitrogen and oxygen atoms in total. The highest BCUT2D eigenvalue weighted by Gasteiger charge is 2.22. The molecule has 27 heavy (non-hydrogen) atoms. The fourth-order valence-corrected chi connectivity index (χ4v) is 3.98. The Kier molecular flexibility index (Phi) is 6.22. The van der Waals surface area contributed by atoms with Crippen LogP contribution >= 0.6 is 12.2 Å². The van der Waals surface area contributed by atoms with Crippen molar-refractivity contribution in [1.29, 1.82) is 0 Å². The van der Waals surface area contributed by atoms with E-state index in [1.54, 1.807) is 7.11 Å². The Bertz CT molecular complexity index is 781. The second-order valence-corrected chi connectivity index (χ2v) is 7.82. The van der Waals surface area contributed by atoms with E-state index in [-0.39, 0.29) is 0 Å². The number of anilines is 2. The van der Waals surface area contributed by atoms with E-state index in [1.165, 1.54) is 28.8 Å². The summed E-state index contributed by atoms with van der Waals surface area (Å²) in [6.07, 6.45) is 1.17. The van der Waals surface area contributed by atoms with Crippen LogP contribution in [-0.4, -0.2) is 31.9 Å². The Morgan fingerprint density at radius 2 is 1.81 bits per heavy atom. The van der Waals surface area contributed by atoms with Gasteiger partial charge in [0.05, 0.1) is 7.11 Å². The maximum Gasteiger partial charge on any atom is 0.170 e. The number of hydrogen-bond acceptors (Lipinski definition) is 3. The molecule has 0 unspecified atom stereocenters. The van der Waals surface area contributed by atoms with Crippen LogP contribution in [0.1, 0.15) is 23.1 Å². The molecule has 1 atom stereocenters. The number of benzene rings is 2. The molecule has 1 saturated heterocycles. The Morgan fingerprint density at radius 1 is 1.15 bits per heavy atom. The first-order valence-electron chi connectivity index (χ1n) is 9.48. The van der Waals surface area contributed by atoms with Gasteiger partial charge in [-0.05, 0) is 80.7 Å². The number of methoxy groups -OCH3 is 1. The largest absolute Gasteiger partial charge is 0.497 e. The van der Waals surface area contributed by atoms with Crippen LogP contribution in [0.2, 0.25) is 0 Å². The molecule has 5 heteroatoms. The molecular formula is C22H29N3OS. The van der Waals surface area contributed by atoms with E-state index in [9.17, 15) is 0 Å². The monoisotopic (exact) mass is 383 g/mol. The second kappa shape index (κ2) is 8.61. The molecule has 0 saturated carbocycles. The van der Waals surface area contributed by atoms with Crippen molar-refractivity contribution in [3.05, 3.63) is 53.1 Å². The fourth-order valence-electron chi connectivity index (χ4n) is 3.80. The van der Waals surface area contributed by atoms with Crippen LogP contribution in [0.4, 0.5) is 11.4 Å². The van der Waals surface area contributed by atoms with Crippen molar-refractivity contribution in [2.24, 2.45) is 5.92 Å². The molecule has 3 rings (SSSR count). The van der Waals surface area contributed by atoms with E-state index >= 15 is 0 Å². The average molecular weight is 384 g/mol. The third-order valence-corrected chi connectivity index (χ3v) is 5.44. The molecule has 144 valence electrons. The van der Waals surface area contributed by atoms with E-state index < -0.39 is 0 Å². The van der Waals surface area contributed by atoms with Gasteiger partial charge in [0.15, 0.2) is 5.11 Å². The van der Waals surface area contributed by atoms with Gasteiger partial charge in [-0.3, -0.25) is 0 Å². The molecule has 1 fully saturated rings. The van der Waals surface area contributed by atoms with Gasteiger partial charge < -0.3 is 20.3 Å². The fraction of sp³-hybridized carbons (Fsp3) is 0.409. The normalized spacial score (nSPS) is 16.3. The molecular weight excluding hydrogens is 354 g/mol. The standard InChI is InChI=1S/C22H29N3OS/c1-15-11-16(2)21(17(3)12-15)24-22(27)23-13-18-9-10-25(14-18)19-5-7-20(26-4)8-6-19/h5-8,11-12,18H,9-10,13-14H2,1-4H3,(H2,23,24,27)/t18-/m0/s1. The smallest absolute Gasteiger partial charge is 0.170 e. The van der Waals surface area contributed by atoms with Crippen LogP contribution in [0, 0.1) is 26.7 Å². The lowest BCUT2D eigenvalue weighted by Gasteiger charge is -2.20. The Morgan fingerprint density at radius 3 is 2.44 bits per heavy atom. The highest BCUT2D eigenvalue weighted by molar-refractivity contribution is 7.80. The topological polar surface area (TPSA) is 36.5 Å². The number of aryl methyl sites for hydroxylation is 3. The summed E-state index contributed by atoms with van der Waals surface area (Å²) in [5.74, 6) is 1.49. The lowest BCUT2D eigenvalue weighted by Crippen LogP contribution is -2.34. The Labute approximate surface area is 167 Å². The molecule has 0 spiro atoms. The summed E-state index contributed by atoms with van der Waals surface area (Å²) >= 11 is 5.52. The molecule has 1 heterocycles. The Hall–Kier alpha value is -2.27. The molecule has 2 aromatic carbocycles. The van der Waals surface area contributed by atoms with Gasteiger partial charge in [0, 0.05) is 31.0 Å². The summed E-state index contributed by atoms with van der Waals surface area (Å²) in [6, 6.07) is 12.7. The van der Waals surface area contributed by atoms with Gasteiger partial charge in [0.1, 0.15) is 5.75 Å². The third-order valence-electron chi connectivity index (χ3n) is 5.19. The first-order valence-corrected chi connectivity index (χ1v) is 9.89. The number of rotatable bonds is 5. The number of ether oxygens (including phenoxy) is 1. The number of hydrogen-bond donors (Lipinski definition) is 2. The molecule has 0 aliphatic carbocycles. The van der Waals surface area contributed by atoms with Crippen molar-refractivity contribution in [1.82, 2.24) is 5.32 Å². The van der Waals surface area contributed by atoms with Gasteiger partial charge in [0.25, 0.3) is 0 Å². The first-order chi connectivity index (χ1) is 13.0. The lowest BCUT2D eigenvalue weighted by atomic mass is 10.1. The summed E-state index contributed by atoms with van der Waals surface area (Å²) in [5.41, 5.74) is 6.10. The predicted octanol–water partition coefficient (Wildman–Crippen LogP) is 4.43. The minimum Gasteiger partial charge on any atom is -0.497 e. The molecule has 0 radical (unpaired) electrons. The molecule has 2 aromatic rings. The van der Waals surface area contributed by atoms with Gasteiger partial charge in [-0.25, -0.2) is 0 Å². The van der Waals surface area contributed by atoms with Crippen LogP contribution in [0.3, 0.4) is 0 Å². The molecule has 1 aliphatic rings. The van der Waals surface area contributed by atoms with E-state index in [1.807, 2.05) is 12.1 Å². The number of nitrogens with one attached hydrogen (secondary N) is 2.